The molecule has 1 aromatic carbocycles. The van der Waals surface area contributed by atoms with Crippen LogP contribution in [0.2, 0.25) is 0 Å². The molecular weight excluding hydrogens is 369 g/mol. The topological polar surface area (TPSA) is 58.4 Å². The summed E-state index contributed by atoms with van der Waals surface area (Å²) in [5, 5.41) is 3.14. The normalized spacial score (nSPS) is 27.5. The van der Waals surface area contributed by atoms with Crippen LogP contribution < -0.4 is 11.1 Å². The molecule has 0 heterocycles. The van der Waals surface area contributed by atoms with Crippen molar-refractivity contribution in [2.24, 2.45) is 23.5 Å². The van der Waals surface area contributed by atoms with Gasteiger partial charge in [-0.1, -0.05) is 30.3 Å². The number of benzene rings is 1. The van der Waals surface area contributed by atoms with Gasteiger partial charge in [0.15, 0.2) is 0 Å². The average Bonchev–Trinajstić information content (AvgIpc) is 3.16. The highest BCUT2D eigenvalue weighted by Gasteiger charge is 2.48. The Hall–Kier alpha value is -0.810. The number of hydrogen-bond acceptors (Lipinski definition) is 3. The fourth-order valence-corrected chi connectivity index (χ4v) is 4.49. The quantitative estimate of drug-likeness (QED) is 0.736. The van der Waals surface area contributed by atoms with Crippen molar-refractivity contribution in [1.29, 1.82) is 0 Å². The SMILES string of the molecule is CC(CCNC(=O)C1C2CCC(C2)C1N)N(C)Cc1ccccc1.Cl.Cl. The van der Waals surface area contributed by atoms with Crippen LogP contribution in [0.15, 0.2) is 30.3 Å². The number of carbonyl (C=O) groups is 1. The first-order chi connectivity index (χ1) is 11.6. The van der Waals surface area contributed by atoms with Gasteiger partial charge in [-0.3, -0.25) is 9.69 Å². The van der Waals surface area contributed by atoms with E-state index in [9.17, 15) is 4.79 Å². The maximum Gasteiger partial charge on any atom is 0.224 e. The molecule has 0 saturated heterocycles. The largest absolute Gasteiger partial charge is 0.356 e. The Morgan fingerprint density at radius 1 is 1.23 bits per heavy atom. The summed E-state index contributed by atoms with van der Waals surface area (Å²) in [6.07, 6.45) is 4.53. The molecule has 6 heteroatoms. The van der Waals surface area contributed by atoms with E-state index in [1.165, 1.54) is 18.4 Å². The Bertz CT molecular complexity index is 555. The fraction of sp³-hybridized carbons (Fsp3) is 0.650. The summed E-state index contributed by atoms with van der Waals surface area (Å²) in [5.41, 5.74) is 7.58. The summed E-state index contributed by atoms with van der Waals surface area (Å²) in [4.78, 5) is 14.8. The molecule has 2 aliphatic carbocycles. The van der Waals surface area contributed by atoms with Crippen LogP contribution in [0.3, 0.4) is 0 Å². The second-order valence-corrected chi connectivity index (χ2v) is 7.77. The fourth-order valence-electron chi connectivity index (χ4n) is 4.49. The predicted molar refractivity (Wildman–Crippen MR) is 112 cm³/mol. The minimum atomic E-state index is 0. The van der Waals surface area contributed by atoms with E-state index in [2.05, 4.69) is 48.5 Å². The van der Waals surface area contributed by atoms with Gasteiger partial charge in [0, 0.05) is 25.2 Å². The van der Waals surface area contributed by atoms with Gasteiger partial charge in [-0.2, -0.15) is 0 Å². The molecule has 0 radical (unpaired) electrons. The molecule has 2 aliphatic rings. The maximum atomic E-state index is 12.5. The third kappa shape index (κ3) is 5.35. The van der Waals surface area contributed by atoms with Crippen LogP contribution in [0, 0.1) is 17.8 Å². The van der Waals surface area contributed by atoms with Gasteiger partial charge in [-0.05, 0) is 57.1 Å². The second-order valence-electron chi connectivity index (χ2n) is 7.77. The number of rotatable bonds is 7. The van der Waals surface area contributed by atoms with Crippen LogP contribution in [0.1, 0.15) is 38.2 Å². The number of nitrogens with two attached hydrogens (primary N) is 1. The first kappa shape index (κ1) is 23.2. The molecule has 5 unspecified atom stereocenters. The molecule has 0 aromatic heterocycles. The zero-order valence-electron chi connectivity index (χ0n) is 15.8. The summed E-state index contributed by atoms with van der Waals surface area (Å²) in [6.45, 7) is 3.89. The zero-order valence-corrected chi connectivity index (χ0v) is 17.4. The van der Waals surface area contributed by atoms with Crippen molar-refractivity contribution in [3.05, 3.63) is 35.9 Å². The molecule has 148 valence electrons. The molecule has 4 nitrogen and oxygen atoms in total. The molecule has 1 aromatic rings. The van der Waals surface area contributed by atoms with Crippen molar-refractivity contribution in [3.63, 3.8) is 0 Å². The lowest BCUT2D eigenvalue weighted by Crippen LogP contribution is -2.46. The third-order valence-corrected chi connectivity index (χ3v) is 6.17. The number of nitrogens with one attached hydrogen (secondary N) is 1. The molecule has 2 fully saturated rings. The standard InChI is InChI=1S/C20H31N3O.2ClH/c1-14(23(2)13-15-6-4-3-5-7-15)10-11-22-20(24)18-16-8-9-17(12-16)19(18)21;;/h3-7,14,16-19H,8-13,21H2,1-2H3,(H,22,24);2*1H. The van der Waals surface area contributed by atoms with Crippen molar-refractivity contribution in [2.75, 3.05) is 13.6 Å². The van der Waals surface area contributed by atoms with Gasteiger partial charge in [-0.25, -0.2) is 0 Å². The number of amides is 1. The molecule has 26 heavy (non-hydrogen) atoms. The molecule has 3 rings (SSSR count). The smallest absolute Gasteiger partial charge is 0.224 e. The van der Waals surface area contributed by atoms with E-state index < -0.39 is 0 Å². The Morgan fingerprint density at radius 2 is 1.88 bits per heavy atom. The van der Waals surface area contributed by atoms with E-state index in [0.29, 0.717) is 17.9 Å². The minimum absolute atomic E-state index is 0. The van der Waals surface area contributed by atoms with Crippen molar-refractivity contribution in [3.8, 4) is 0 Å². The van der Waals surface area contributed by atoms with Crippen LogP contribution in [0.25, 0.3) is 0 Å². The highest BCUT2D eigenvalue weighted by Crippen LogP contribution is 2.47. The van der Waals surface area contributed by atoms with Crippen molar-refractivity contribution in [1.82, 2.24) is 10.2 Å². The maximum absolute atomic E-state index is 12.5. The molecule has 2 saturated carbocycles. The van der Waals surface area contributed by atoms with Crippen LogP contribution in [-0.4, -0.2) is 36.5 Å². The van der Waals surface area contributed by atoms with Crippen LogP contribution >= 0.6 is 24.8 Å². The van der Waals surface area contributed by atoms with Crippen LogP contribution in [-0.2, 0) is 11.3 Å². The highest BCUT2D eigenvalue weighted by atomic mass is 35.5. The first-order valence-electron chi connectivity index (χ1n) is 9.33. The van der Waals surface area contributed by atoms with Crippen molar-refractivity contribution < 1.29 is 4.79 Å². The summed E-state index contributed by atoms with van der Waals surface area (Å²) in [7, 11) is 2.14. The van der Waals surface area contributed by atoms with E-state index in [4.69, 9.17) is 5.73 Å². The van der Waals surface area contributed by atoms with E-state index >= 15 is 0 Å². The lowest BCUT2D eigenvalue weighted by Gasteiger charge is -2.28. The van der Waals surface area contributed by atoms with Gasteiger partial charge in [0.05, 0.1) is 5.92 Å². The van der Waals surface area contributed by atoms with Crippen molar-refractivity contribution >= 4 is 30.7 Å². The van der Waals surface area contributed by atoms with Crippen molar-refractivity contribution in [2.45, 2.75) is 51.2 Å². The number of nitrogens with zero attached hydrogens (tertiary/aromatic N) is 1. The Labute approximate surface area is 170 Å². The van der Waals surface area contributed by atoms with E-state index in [-0.39, 0.29) is 42.7 Å². The summed E-state index contributed by atoms with van der Waals surface area (Å²) >= 11 is 0. The molecule has 3 N–H and O–H groups in total. The highest BCUT2D eigenvalue weighted by molar-refractivity contribution is 5.85. The minimum Gasteiger partial charge on any atom is -0.356 e. The molecule has 1 amide bonds. The monoisotopic (exact) mass is 401 g/mol. The first-order valence-corrected chi connectivity index (χ1v) is 9.33. The van der Waals surface area contributed by atoms with E-state index in [1.54, 1.807) is 0 Å². The summed E-state index contributed by atoms with van der Waals surface area (Å²) < 4.78 is 0. The Kier molecular flexibility index (Phi) is 9.39. The van der Waals surface area contributed by atoms with Crippen LogP contribution in [0.4, 0.5) is 0 Å². The number of halogens is 2. The Balaban J connectivity index is 0.00000169. The molecule has 5 atom stereocenters. The van der Waals surface area contributed by atoms with Gasteiger partial charge in [0.2, 0.25) is 5.91 Å². The van der Waals surface area contributed by atoms with Gasteiger partial charge < -0.3 is 11.1 Å². The summed E-state index contributed by atoms with van der Waals surface area (Å²) in [6, 6.07) is 11.0. The lowest BCUT2D eigenvalue weighted by atomic mass is 9.84. The predicted octanol–water partition coefficient (Wildman–Crippen LogP) is 3.23. The molecule has 0 spiro atoms. The summed E-state index contributed by atoms with van der Waals surface area (Å²) in [5.74, 6) is 1.36. The van der Waals surface area contributed by atoms with Gasteiger partial charge >= 0.3 is 0 Å². The Morgan fingerprint density at radius 3 is 2.50 bits per heavy atom. The van der Waals surface area contributed by atoms with E-state index in [0.717, 1.165) is 25.9 Å². The molecule has 2 bridgehead atoms. The number of fused-ring (bicyclic) bond motifs is 2. The molecule has 0 aliphatic heterocycles. The van der Waals surface area contributed by atoms with E-state index in [1.807, 2.05) is 6.07 Å². The van der Waals surface area contributed by atoms with Gasteiger partial charge in [0.1, 0.15) is 0 Å². The number of hydrogen-bond donors (Lipinski definition) is 2. The molecular formula is C20H33Cl2N3O. The lowest BCUT2D eigenvalue weighted by molar-refractivity contribution is -0.127. The van der Waals surface area contributed by atoms with Crippen LogP contribution in [0.5, 0.6) is 0 Å². The van der Waals surface area contributed by atoms with Gasteiger partial charge in [0.25, 0.3) is 0 Å². The number of carbonyl (C=O) groups excluding carboxylic acids is 1. The second kappa shape index (κ2) is 10.5. The zero-order chi connectivity index (χ0) is 17.1. The van der Waals surface area contributed by atoms with Gasteiger partial charge in [-0.15, -0.1) is 24.8 Å². The average molecular weight is 402 g/mol. The third-order valence-electron chi connectivity index (χ3n) is 6.17.